The smallest absolute Gasteiger partial charge is 0.0417 e. The number of nitrogens with one attached hydrogen (secondary N) is 1. The molecule has 0 unspecified atom stereocenters. The first-order chi connectivity index (χ1) is 6.20. The molecule has 0 aliphatic carbocycles. The molecule has 2 nitrogen and oxygen atoms in total. The van der Waals surface area contributed by atoms with Gasteiger partial charge in [0.1, 0.15) is 0 Å². The Morgan fingerprint density at radius 1 is 1.46 bits per heavy atom. The molecule has 0 saturated carbocycles. The molecular weight excluding hydrogens is 160 g/mol. The second-order valence-corrected chi connectivity index (χ2v) is 3.77. The Bertz CT molecular complexity index is 256. The van der Waals surface area contributed by atoms with Gasteiger partial charge in [-0.05, 0) is 31.0 Å². The first kappa shape index (κ1) is 10.2. The van der Waals surface area contributed by atoms with Gasteiger partial charge in [0.15, 0.2) is 0 Å². The standard InChI is InChI=1S/C11H18N2/c1-9(2)7-12-8-11-5-4-6-13-10(11)3/h4-6,9,12H,7-8H2,1-3H3. The van der Waals surface area contributed by atoms with Gasteiger partial charge in [-0.25, -0.2) is 0 Å². The molecule has 0 atom stereocenters. The number of aryl methyl sites for hydroxylation is 1. The Balaban J connectivity index is 2.41. The number of rotatable bonds is 4. The largest absolute Gasteiger partial charge is 0.312 e. The lowest BCUT2D eigenvalue weighted by Crippen LogP contribution is -2.19. The molecule has 0 saturated heterocycles. The zero-order valence-electron chi connectivity index (χ0n) is 8.67. The molecule has 1 aromatic heterocycles. The second kappa shape index (κ2) is 4.97. The van der Waals surface area contributed by atoms with Crippen molar-refractivity contribution >= 4 is 0 Å². The van der Waals surface area contributed by atoms with Crippen molar-refractivity contribution in [3.63, 3.8) is 0 Å². The predicted molar refractivity (Wildman–Crippen MR) is 55.5 cm³/mol. The SMILES string of the molecule is Cc1ncccc1CNCC(C)C. The summed E-state index contributed by atoms with van der Waals surface area (Å²) >= 11 is 0. The van der Waals surface area contributed by atoms with Gasteiger partial charge in [-0.2, -0.15) is 0 Å². The van der Waals surface area contributed by atoms with Crippen molar-refractivity contribution in [2.24, 2.45) is 5.92 Å². The average molecular weight is 178 g/mol. The lowest BCUT2D eigenvalue weighted by Gasteiger charge is -2.08. The lowest BCUT2D eigenvalue weighted by molar-refractivity contribution is 0.551. The van der Waals surface area contributed by atoms with Gasteiger partial charge in [-0.15, -0.1) is 0 Å². The summed E-state index contributed by atoms with van der Waals surface area (Å²) in [4.78, 5) is 4.24. The van der Waals surface area contributed by atoms with E-state index in [1.165, 1.54) is 5.56 Å². The summed E-state index contributed by atoms with van der Waals surface area (Å²) in [5, 5.41) is 3.40. The van der Waals surface area contributed by atoms with E-state index < -0.39 is 0 Å². The zero-order valence-corrected chi connectivity index (χ0v) is 8.67. The summed E-state index contributed by atoms with van der Waals surface area (Å²) in [6, 6.07) is 4.11. The van der Waals surface area contributed by atoms with Crippen LogP contribution in [0.4, 0.5) is 0 Å². The predicted octanol–water partition coefficient (Wildman–Crippen LogP) is 2.14. The van der Waals surface area contributed by atoms with Crippen LogP contribution >= 0.6 is 0 Å². The van der Waals surface area contributed by atoms with Gasteiger partial charge in [-0.3, -0.25) is 4.98 Å². The molecule has 1 heterocycles. The van der Waals surface area contributed by atoms with Crippen molar-refractivity contribution in [3.05, 3.63) is 29.6 Å². The molecule has 1 rings (SSSR count). The van der Waals surface area contributed by atoms with E-state index in [1.54, 1.807) is 0 Å². The number of pyridine rings is 1. The molecule has 13 heavy (non-hydrogen) atoms. The summed E-state index contributed by atoms with van der Waals surface area (Å²) in [6.07, 6.45) is 1.83. The van der Waals surface area contributed by atoms with Crippen molar-refractivity contribution in [3.8, 4) is 0 Å². The quantitative estimate of drug-likeness (QED) is 0.764. The first-order valence-electron chi connectivity index (χ1n) is 4.81. The fourth-order valence-corrected chi connectivity index (χ4v) is 1.20. The zero-order chi connectivity index (χ0) is 9.68. The number of nitrogens with zero attached hydrogens (tertiary/aromatic N) is 1. The highest BCUT2D eigenvalue weighted by atomic mass is 14.9. The molecular formula is C11H18N2. The van der Waals surface area contributed by atoms with Gasteiger partial charge in [-0.1, -0.05) is 19.9 Å². The average Bonchev–Trinajstić information content (AvgIpc) is 2.08. The molecule has 0 fully saturated rings. The van der Waals surface area contributed by atoms with Crippen LogP contribution in [-0.4, -0.2) is 11.5 Å². The van der Waals surface area contributed by atoms with E-state index in [9.17, 15) is 0 Å². The summed E-state index contributed by atoms with van der Waals surface area (Å²) in [6.45, 7) is 8.46. The van der Waals surface area contributed by atoms with E-state index in [0.717, 1.165) is 18.8 Å². The fraction of sp³-hybridized carbons (Fsp3) is 0.545. The Hall–Kier alpha value is -0.890. The Labute approximate surface area is 80.4 Å². The number of hydrogen-bond acceptors (Lipinski definition) is 2. The molecule has 0 bridgehead atoms. The summed E-state index contributed by atoms with van der Waals surface area (Å²) in [5.74, 6) is 0.706. The maximum atomic E-state index is 4.24. The van der Waals surface area contributed by atoms with Gasteiger partial charge in [0.05, 0.1) is 0 Å². The molecule has 1 N–H and O–H groups in total. The number of aromatic nitrogens is 1. The van der Waals surface area contributed by atoms with Crippen LogP contribution in [0.15, 0.2) is 18.3 Å². The van der Waals surface area contributed by atoms with Gasteiger partial charge in [0.25, 0.3) is 0 Å². The monoisotopic (exact) mass is 178 g/mol. The summed E-state index contributed by atoms with van der Waals surface area (Å²) in [7, 11) is 0. The van der Waals surface area contributed by atoms with Crippen LogP contribution in [0.2, 0.25) is 0 Å². The first-order valence-corrected chi connectivity index (χ1v) is 4.81. The Morgan fingerprint density at radius 3 is 2.85 bits per heavy atom. The van der Waals surface area contributed by atoms with Gasteiger partial charge in [0, 0.05) is 18.4 Å². The minimum Gasteiger partial charge on any atom is -0.312 e. The Kier molecular flexibility index (Phi) is 3.90. The molecule has 1 aromatic rings. The van der Waals surface area contributed by atoms with Crippen molar-refractivity contribution < 1.29 is 0 Å². The highest BCUT2D eigenvalue weighted by molar-refractivity contribution is 5.17. The van der Waals surface area contributed by atoms with Gasteiger partial charge < -0.3 is 5.32 Å². The molecule has 0 aliphatic heterocycles. The van der Waals surface area contributed by atoms with Crippen LogP contribution in [-0.2, 0) is 6.54 Å². The maximum absolute atomic E-state index is 4.24. The molecule has 0 amide bonds. The topological polar surface area (TPSA) is 24.9 Å². The third-order valence-corrected chi connectivity index (χ3v) is 1.98. The van der Waals surface area contributed by atoms with E-state index in [1.807, 2.05) is 19.2 Å². The Morgan fingerprint density at radius 2 is 2.23 bits per heavy atom. The van der Waals surface area contributed by atoms with E-state index in [4.69, 9.17) is 0 Å². The third-order valence-electron chi connectivity index (χ3n) is 1.98. The van der Waals surface area contributed by atoms with Crippen LogP contribution in [0.3, 0.4) is 0 Å². The van der Waals surface area contributed by atoms with E-state index in [0.29, 0.717) is 5.92 Å². The van der Waals surface area contributed by atoms with Crippen LogP contribution in [0.25, 0.3) is 0 Å². The van der Waals surface area contributed by atoms with Crippen molar-refractivity contribution in [1.82, 2.24) is 10.3 Å². The van der Waals surface area contributed by atoms with Crippen molar-refractivity contribution in [1.29, 1.82) is 0 Å². The summed E-state index contributed by atoms with van der Waals surface area (Å²) in [5.41, 5.74) is 2.42. The minimum absolute atomic E-state index is 0.706. The molecule has 0 aromatic carbocycles. The van der Waals surface area contributed by atoms with Crippen LogP contribution in [0.1, 0.15) is 25.1 Å². The molecule has 2 heteroatoms. The second-order valence-electron chi connectivity index (χ2n) is 3.77. The van der Waals surface area contributed by atoms with Crippen LogP contribution in [0.5, 0.6) is 0 Å². The van der Waals surface area contributed by atoms with Gasteiger partial charge >= 0.3 is 0 Å². The highest BCUT2D eigenvalue weighted by Crippen LogP contribution is 2.02. The van der Waals surface area contributed by atoms with Gasteiger partial charge in [0.2, 0.25) is 0 Å². The van der Waals surface area contributed by atoms with E-state index >= 15 is 0 Å². The van der Waals surface area contributed by atoms with E-state index in [2.05, 4.69) is 30.2 Å². The normalized spacial score (nSPS) is 10.8. The molecule has 0 radical (unpaired) electrons. The summed E-state index contributed by atoms with van der Waals surface area (Å²) < 4.78 is 0. The van der Waals surface area contributed by atoms with Crippen molar-refractivity contribution in [2.45, 2.75) is 27.3 Å². The third kappa shape index (κ3) is 3.55. The lowest BCUT2D eigenvalue weighted by atomic mass is 10.2. The van der Waals surface area contributed by atoms with E-state index in [-0.39, 0.29) is 0 Å². The molecule has 0 aliphatic rings. The highest BCUT2D eigenvalue weighted by Gasteiger charge is 1.97. The van der Waals surface area contributed by atoms with Crippen LogP contribution < -0.4 is 5.32 Å². The minimum atomic E-state index is 0.706. The molecule has 0 spiro atoms. The number of hydrogen-bond donors (Lipinski definition) is 1. The maximum Gasteiger partial charge on any atom is 0.0417 e. The van der Waals surface area contributed by atoms with Crippen molar-refractivity contribution in [2.75, 3.05) is 6.54 Å². The molecule has 72 valence electrons. The fourth-order valence-electron chi connectivity index (χ4n) is 1.20. The van der Waals surface area contributed by atoms with Crippen LogP contribution in [0, 0.1) is 12.8 Å².